The summed E-state index contributed by atoms with van der Waals surface area (Å²) in [7, 11) is 0. The highest BCUT2D eigenvalue weighted by molar-refractivity contribution is 5.98. The lowest BCUT2D eigenvalue weighted by atomic mass is 9.98. The van der Waals surface area contributed by atoms with Gasteiger partial charge in [-0.05, 0) is 36.3 Å². The fourth-order valence-corrected chi connectivity index (χ4v) is 3.75. The second-order valence-corrected chi connectivity index (χ2v) is 7.42. The van der Waals surface area contributed by atoms with Crippen LogP contribution in [0.5, 0.6) is 0 Å². The number of nitrogens with two attached hydrogens (primary N) is 1. The summed E-state index contributed by atoms with van der Waals surface area (Å²) < 4.78 is 20.0. The van der Waals surface area contributed by atoms with Crippen molar-refractivity contribution in [1.29, 1.82) is 0 Å². The average molecular weight is 365 g/mol. The van der Waals surface area contributed by atoms with Crippen molar-refractivity contribution in [1.82, 2.24) is 9.97 Å². The number of halogens is 1. The lowest BCUT2D eigenvalue weighted by molar-refractivity contribution is 0.110. The van der Waals surface area contributed by atoms with Gasteiger partial charge in [0.2, 0.25) is 0 Å². The normalized spacial score (nSPS) is 17.1. The molecule has 1 aliphatic rings. The first kappa shape index (κ1) is 17.9. The molecule has 0 radical (unpaired) electrons. The molecule has 1 unspecified atom stereocenters. The van der Waals surface area contributed by atoms with Gasteiger partial charge in [-0.3, -0.25) is 0 Å². The highest BCUT2D eigenvalue weighted by Gasteiger charge is 2.22. The maximum absolute atomic E-state index is 14.3. The van der Waals surface area contributed by atoms with Crippen molar-refractivity contribution in [2.24, 2.45) is 0 Å². The molecular weight excluding hydrogens is 341 g/mol. The lowest BCUT2D eigenvalue weighted by Crippen LogP contribution is -2.15. The maximum atomic E-state index is 14.3. The van der Waals surface area contributed by atoms with E-state index in [2.05, 4.69) is 13.8 Å². The zero-order valence-electron chi connectivity index (χ0n) is 15.7. The molecule has 2 heterocycles. The first-order chi connectivity index (χ1) is 13.0. The van der Waals surface area contributed by atoms with Crippen LogP contribution in [0.15, 0.2) is 36.4 Å². The third-order valence-electron chi connectivity index (χ3n) is 5.13. The molecule has 3 aromatic rings. The minimum absolute atomic E-state index is 0.159. The van der Waals surface area contributed by atoms with Gasteiger partial charge in [-0.1, -0.05) is 38.1 Å². The van der Waals surface area contributed by atoms with Crippen molar-refractivity contribution in [3.05, 3.63) is 53.7 Å². The van der Waals surface area contributed by atoms with Gasteiger partial charge in [0.25, 0.3) is 0 Å². The van der Waals surface area contributed by atoms with Crippen LogP contribution in [0.3, 0.4) is 0 Å². The predicted molar refractivity (Wildman–Crippen MR) is 106 cm³/mol. The summed E-state index contributed by atoms with van der Waals surface area (Å²) in [5, 5.41) is 1.38. The third-order valence-corrected chi connectivity index (χ3v) is 5.13. The van der Waals surface area contributed by atoms with E-state index in [0.29, 0.717) is 23.2 Å². The fraction of sp³-hybridized carbons (Fsp3) is 0.364. The highest BCUT2D eigenvalue weighted by Crippen LogP contribution is 2.35. The number of hydrogen-bond donors (Lipinski definition) is 1. The Morgan fingerprint density at radius 1 is 1.15 bits per heavy atom. The molecule has 1 aliphatic heterocycles. The van der Waals surface area contributed by atoms with Gasteiger partial charge in [-0.15, -0.1) is 0 Å². The van der Waals surface area contributed by atoms with E-state index in [0.717, 1.165) is 41.9 Å². The Hall–Kier alpha value is -2.53. The Kier molecular flexibility index (Phi) is 4.79. The van der Waals surface area contributed by atoms with Crippen LogP contribution in [0.1, 0.15) is 44.1 Å². The quantitative estimate of drug-likeness (QED) is 0.717. The van der Waals surface area contributed by atoms with Crippen molar-refractivity contribution in [2.75, 3.05) is 12.3 Å². The van der Waals surface area contributed by atoms with Crippen molar-refractivity contribution >= 4 is 16.5 Å². The second kappa shape index (κ2) is 7.24. The van der Waals surface area contributed by atoms with E-state index in [1.165, 1.54) is 6.07 Å². The van der Waals surface area contributed by atoms with Crippen LogP contribution in [-0.2, 0) is 11.2 Å². The summed E-state index contributed by atoms with van der Waals surface area (Å²) in [6, 6.07) is 10.7. The van der Waals surface area contributed by atoms with Crippen LogP contribution in [0.4, 0.5) is 10.1 Å². The molecule has 2 N–H and O–H groups in total. The number of aromatic nitrogens is 2. The van der Waals surface area contributed by atoms with Crippen molar-refractivity contribution in [3.63, 3.8) is 0 Å². The van der Waals surface area contributed by atoms with Crippen molar-refractivity contribution < 1.29 is 9.13 Å². The molecule has 4 nitrogen and oxygen atoms in total. The smallest absolute Gasteiger partial charge is 0.132 e. The van der Waals surface area contributed by atoms with E-state index in [9.17, 15) is 4.39 Å². The molecule has 1 aromatic heterocycles. The van der Waals surface area contributed by atoms with Crippen LogP contribution >= 0.6 is 0 Å². The molecule has 1 saturated heterocycles. The first-order valence-electron chi connectivity index (χ1n) is 9.50. The molecule has 4 rings (SSSR count). The number of hydrogen-bond acceptors (Lipinski definition) is 4. The lowest BCUT2D eigenvalue weighted by Gasteiger charge is -2.17. The van der Waals surface area contributed by atoms with Gasteiger partial charge in [-0.25, -0.2) is 14.4 Å². The molecule has 0 aliphatic carbocycles. The number of rotatable bonds is 4. The van der Waals surface area contributed by atoms with Gasteiger partial charge in [0.1, 0.15) is 11.6 Å². The molecule has 0 amide bonds. The second-order valence-electron chi connectivity index (χ2n) is 7.42. The fourth-order valence-electron chi connectivity index (χ4n) is 3.75. The summed E-state index contributed by atoms with van der Waals surface area (Å²) in [6.45, 7) is 4.94. The predicted octanol–water partition coefficient (Wildman–Crippen LogP) is 4.86. The molecule has 1 atom stereocenters. The summed E-state index contributed by atoms with van der Waals surface area (Å²) in [6.07, 6.45) is 2.93. The van der Waals surface area contributed by atoms with Gasteiger partial charge < -0.3 is 10.5 Å². The van der Waals surface area contributed by atoms with Crippen LogP contribution in [0, 0.1) is 5.82 Å². The number of fused-ring (bicyclic) bond motifs is 1. The number of benzene rings is 2. The SMILES string of the molecule is CC(C)c1nc(CC2CCCO2)nc(-c2ccc(F)c3ccccc23)c1N. The summed E-state index contributed by atoms with van der Waals surface area (Å²) in [5.41, 5.74) is 9.39. The Morgan fingerprint density at radius 2 is 1.93 bits per heavy atom. The molecule has 1 fully saturated rings. The first-order valence-corrected chi connectivity index (χ1v) is 9.50. The average Bonchev–Trinajstić information content (AvgIpc) is 3.17. The van der Waals surface area contributed by atoms with E-state index >= 15 is 0 Å². The molecule has 0 saturated carbocycles. The Bertz CT molecular complexity index is 981. The van der Waals surface area contributed by atoms with Crippen LogP contribution in [0.2, 0.25) is 0 Å². The topological polar surface area (TPSA) is 61.0 Å². The van der Waals surface area contributed by atoms with Crippen LogP contribution in [0.25, 0.3) is 22.0 Å². The molecule has 5 heteroatoms. The Morgan fingerprint density at radius 3 is 2.63 bits per heavy atom. The van der Waals surface area contributed by atoms with E-state index in [1.807, 2.05) is 18.2 Å². The van der Waals surface area contributed by atoms with Gasteiger partial charge in [-0.2, -0.15) is 0 Å². The largest absolute Gasteiger partial charge is 0.395 e. The third kappa shape index (κ3) is 3.39. The maximum Gasteiger partial charge on any atom is 0.132 e. The van der Waals surface area contributed by atoms with E-state index in [1.54, 1.807) is 12.1 Å². The number of anilines is 1. The molecular formula is C22H24FN3O. The molecule has 2 aromatic carbocycles. The van der Waals surface area contributed by atoms with E-state index in [4.69, 9.17) is 20.4 Å². The van der Waals surface area contributed by atoms with Crippen LogP contribution in [-0.4, -0.2) is 22.7 Å². The Labute approximate surface area is 158 Å². The highest BCUT2D eigenvalue weighted by atomic mass is 19.1. The number of nitrogen functional groups attached to an aromatic ring is 1. The van der Waals surface area contributed by atoms with Gasteiger partial charge in [0, 0.05) is 24.0 Å². The molecule has 140 valence electrons. The molecule has 0 bridgehead atoms. The van der Waals surface area contributed by atoms with E-state index in [-0.39, 0.29) is 17.8 Å². The Balaban J connectivity index is 1.89. The molecule has 0 spiro atoms. The zero-order valence-corrected chi connectivity index (χ0v) is 15.7. The number of nitrogens with zero attached hydrogens (tertiary/aromatic N) is 2. The molecule has 27 heavy (non-hydrogen) atoms. The summed E-state index contributed by atoms with van der Waals surface area (Å²) in [5.74, 6) is 0.663. The van der Waals surface area contributed by atoms with E-state index < -0.39 is 0 Å². The zero-order chi connectivity index (χ0) is 19.0. The summed E-state index contributed by atoms with van der Waals surface area (Å²) >= 11 is 0. The van der Waals surface area contributed by atoms with Gasteiger partial charge >= 0.3 is 0 Å². The minimum Gasteiger partial charge on any atom is -0.395 e. The van der Waals surface area contributed by atoms with Gasteiger partial charge in [0.05, 0.1) is 23.2 Å². The van der Waals surface area contributed by atoms with Crippen LogP contribution < -0.4 is 5.73 Å². The monoisotopic (exact) mass is 365 g/mol. The van der Waals surface area contributed by atoms with Crippen molar-refractivity contribution in [2.45, 2.75) is 45.1 Å². The summed E-state index contributed by atoms with van der Waals surface area (Å²) in [4.78, 5) is 9.52. The minimum atomic E-state index is -0.245. The van der Waals surface area contributed by atoms with Crippen molar-refractivity contribution in [3.8, 4) is 11.3 Å². The standard InChI is InChI=1S/C22H24FN3O/c1-13(2)21-20(24)22(26-19(25-21)12-14-6-5-11-27-14)17-9-10-18(23)16-8-4-3-7-15(16)17/h3-4,7-10,13-14H,5-6,11-12,24H2,1-2H3. The number of ether oxygens (including phenoxy) is 1. The van der Waals surface area contributed by atoms with Gasteiger partial charge in [0.15, 0.2) is 0 Å².